The van der Waals surface area contributed by atoms with Crippen molar-refractivity contribution in [3.05, 3.63) is 209 Å². The second kappa shape index (κ2) is 12.1. The van der Waals surface area contributed by atoms with Gasteiger partial charge in [-0.15, -0.1) is 0 Å². The first-order chi connectivity index (χ1) is 23.9. The van der Waals surface area contributed by atoms with E-state index < -0.39 is 5.60 Å². The summed E-state index contributed by atoms with van der Waals surface area (Å²) in [5.41, 5.74) is 12.5. The molecule has 0 aromatic heterocycles. The fraction of sp³-hybridized carbons (Fsp3) is 0.106. The molecule has 2 heteroatoms. The Morgan fingerprint density at radius 2 is 0.980 bits per heavy atom. The van der Waals surface area contributed by atoms with Gasteiger partial charge in [-0.3, -0.25) is 0 Å². The molecule has 2 nitrogen and oxygen atoms in total. The summed E-state index contributed by atoms with van der Waals surface area (Å²) in [6.07, 6.45) is 0. The minimum absolute atomic E-state index is 0.186. The molecule has 0 spiro atoms. The van der Waals surface area contributed by atoms with Crippen molar-refractivity contribution >= 4 is 17.1 Å². The van der Waals surface area contributed by atoms with Gasteiger partial charge in [-0.2, -0.15) is 0 Å². The second-order valence-corrected chi connectivity index (χ2v) is 13.6. The van der Waals surface area contributed by atoms with E-state index in [0.717, 1.165) is 50.4 Å². The second-order valence-electron chi connectivity index (χ2n) is 13.6. The predicted molar refractivity (Wildman–Crippen MR) is 204 cm³/mol. The Morgan fingerprint density at radius 3 is 1.63 bits per heavy atom. The first-order valence-electron chi connectivity index (χ1n) is 17.0. The first-order valence-corrected chi connectivity index (χ1v) is 17.0. The molecule has 7 aromatic carbocycles. The van der Waals surface area contributed by atoms with Crippen LogP contribution < -0.4 is 4.90 Å². The molecule has 1 N–H and O–H groups in total. The highest BCUT2D eigenvalue weighted by molar-refractivity contribution is 5.83. The van der Waals surface area contributed by atoms with Crippen molar-refractivity contribution in [2.45, 2.75) is 31.8 Å². The summed E-state index contributed by atoms with van der Waals surface area (Å²) in [5, 5.41) is 13.3. The lowest BCUT2D eigenvalue weighted by Crippen LogP contribution is -2.30. The van der Waals surface area contributed by atoms with Gasteiger partial charge >= 0.3 is 0 Å². The maximum Gasteiger partial charge on any atom is 0.141 e. The molecule has 7 aromatic rings. The highest BCUT2D eigenvalue weighted by atomic mass is 16.3. The van der Waals surface area contributed by atoms with Gasteiger partial charge in [-0.05, 0) is 93.4 Å². The third-order valence-corrected chi connectivity index (χ3v) is 10.3. The molecule has 1 aliphatic carbocycles. The van der Waals surface area contributed by atoms with E-state index >= 15 is 0 Å². The lowest BCUT2D eigenvalue weighted by atomic mass is 9.74. The molecule has 1 aliphatic rings. The van der Waals surface area contributed by atoms with Gasteiger partial charge in [0.05, 0.1) is 0 Å². The van der Waals surface area contributed by atoms with Crippen LogP contribution in [0.25, 0.3) is 22.3 Å². The third-order valence-electron chi connectivity index (χ3n) is 10.3. The maximum absolute atomic E-state index is 13.3. The quantitative estimate of drug-likeness (QED) is 0.177. The van der Waals surface area contributed by atoms with Crippen LogP contribution >= 0.6 is 0 Å². The number of nitrogens with zero attached hydrogens (tertiary/aromatic N) is 1. The van der Waals surface area contributed by atoms with Crippen LogP contribution in [-0.4, -0.2) is 5.11 Å². The van der Waals surface area contributed by atoms with Gasteiger partial charge in [-0.25, -0.2) is 0 Å². The monoisotopic (exact) mass is 633 g/mol. The SMILES string of the molecule is Cc1cc(N(c2ccccc2)c2ccccc2)ccc1-c1ccccc1C(O)(c1ccccc1)c1ccc2c(c1)C(C)(C)c1ccccc1-2. The van der Waals surface area contributed by atoms with Crippen molar-refractivity contribution < 1.29 is 5.11 Å². The number of aliphatic hydroxyl groups is 1. The summed E-state index contributed by atoms with van der Waals surface area (Å²) in [6, 6.07) is 61.3. The van der Waals surface area contributed by atoms with Crippen molar-refractivity contribution in [3.63, 3.8) is 0 Å². The van der Waals surface area contributed by atoms with Crippen molar-refractivity contribution in [1.82, 2.24) is 0 Å². The molecule has 0 saturated heterocycles. The van der Waals surface area contributed by atoms with Crippen LogP contribution in [0.4, 0.5) is 17.1 Å². The highest BCUT2D eigenvalue weighted by Gasteiger charge is 2.40. The smallest absolute Gasteiger partial charge is 0.141 e. The molecular formula is C47H39NO. The molecule has 238 valence electrons. The molecule has 49 heavy (non-hydrogen) atoms. The number of rotatable bonds is 7. The number of hydrogen-bond donors (Lipinski definition) is 1. The van der Waals surface area contributed by atoms with Gasteiger partial charge in [0.25, 0.3) is 0 Å². The fourth-order valence-corrected chi connectivity index (χ4v) is 7.81. The van der Waals surface area contributed by atoms with Crippen LogP contribution in [0, 0.1) is 6.92 Å². The summed E-state index contributed by atoms with van der Waals surface area (Å²) in [5.74, 6) is 0. The third kappa shape index (κ3) is 5.08. The van der Waals surface area contributed by atoms with E-state index in [1.165, 1.54) is 22.3 Å². The Balaban J connectivity index is 1.29. The summed E-state index contributed by atoms with van der Waals surface area (Å²) in [4.78, 5) is 2.29. The standard InChI is InChI=1S/C47H39NO/c1-33-31-38(48(36-19-9-5-10-20-36)37-21-11-6-12-22-37)28-30-39(33)40-23-14-16-26-44(40)47(49,34-17-7-4-8-18-34)35-27-29-42-41-24-13-15-25-43(41)46(2,3)45(42)32-35/h4-32,49H,1-3H3. The number of anilines is 3. The normalized spacial score (nSPS) is 14.0. The molecule has 8 rings (SSSR count). The van der Waals surface area contributed by atoms with Crippen LogP contribution in [0.1, 0.15) is 47.2 Å². The minimum Gasteiger partial charge on any atom is -0.376 e. The molecular weight excluding hydrogens is 595 g/mol. The fourth-order valence-electron chi connectivity index (χ4n) is 7.81. The van der Waals surface area contributed by atoms with Crippen molar-refractivity contribution in [1.29, 1.82) is 0 Å². The maximum atomic E-state index is 13.3. The van der Waals surface area contributed by atoms with Gasteiger partial charge in [-0.1, -0.05) is 153 Å². The minimum atomic E-state index is -1.40. The highest BCUT2D eigenvalue weighted by Crippen LogP contribution is 2.51. The lowest BCUT2D eigenvalue weighted by molar-refractivity contribution is 0.126. The molecule has 1 atom stereocenters. The number of para-hydroxylation sites is 2. The van der Waals surface area contributed by atoms with E-state index in [9.17, 15) is 5.11 Å². The van der Waals surface area contributed by atoms with E-state index in [4.69, 9.17) is 0 Å². The van der Waals surface area contributed by atoms with Crippen molar-refractivity contribution in [2.24, 2.45) is 0 Å². The Hall–Kier alpha value is -5.70. The van der Waals surface area contributed by atoms with Gasteiger partial charge < -0.3 is 10.0 Å². The summed E-state index contributed by atoms with van der Waals surface area (Å²) < 4.78 is 0. The average molecular weight is 634 g/mol. The van der Waals surface area contributed by atoms with Crippen LogP contribution in [0.5, 0.6) is 0 Å². The number of hydrogen-bond acceptors (Lipinski definition) is 2. The molecule has 0 amide bonds. The summed E-state index contributed by atoms with van der Waals surface area (Å²) >= 11 is 0. The molecule has 0 radical (unpaired) electrons. The lowest BCUT2D eigenvalue weighted by Gasteiger charge is -2.34. The molecule has 0 aliphatic heterocycles. The zero-order valence-electron chi connectivity index (χ0n) is 28.1. The van der Waals surface area contributed by atoms with Gasteiger partial charge in [0, 0.05) is 28.0 Å². The zero-order valence-corrected chi connectivity index (χ0v) is 28.1. The molecule has 1 unspecified atom stereocenters. The summed E-state index contributed by atoms with van der Waals surface area (Å²) in [6.45, 7) is 6.74. The van der Waals surface area contributed by atoms with E-state index in [1.807, 2.05) is 48.5 Å². The zero-order chi connectivity index (χ0) is 33.6. The average Bonchev–Trinajstić information content (AvgIpc) is 3.38. The number of fused-ring (bicyclic) bond motifs is 3. The Labute approximate surface area is 289 Å². The molecule has 0 bridgehead atoms. The predicted octanol–water partition coefficient (Wildman–Crippen LogP) is 11.7. The van der Waals surface area contributed by atoms with Crippen molar-refractivity contribution in [3.8, 4) is 22.3 Å². The molecule has 0 saturated carbocycles. The number of benzene rings is 7. The molecule has 0 fully saturated rings. The van der Waals surface area contributed by atoms with E-state index in [-0.39, 0.29) is 5.41 Å². The Kier molecular flexibility index (Phi) is 7.55. The van der Waals surface area contributed by atoms with Gasteiger partial charge in [0.1, 0.15) is 5.60 Å². The van der Waals surface area contributed by atoms with Gasteiger partial charge in [0.2, 0.25) is 0 Å². The van der Waals surface area contributed by atoms with Crippen LogP contribution in [0.15, 0.2) is 176 Å². The Morgan fingerprint density at radius 1 is 0.449 bits per heavy atom. The molecule has 0 heterocycles. The van der Waals surface area contributed by atoms with E-state index in [2.05, 4.69) is 153 Å². The van der Waals surface area contributed by atoms with Gasteiger partial charge in [0.15, 0.2) is 0 Å². The first kappa shape index (κ1) is 30.6. The van der Waals surface area contributed by atoms with Crippen LogP contribution in [0.2, 0.25) is 0 Å². The van der Waals surface area contributed by atoms with Crippen molar-refractivity contribution in [2.75, 3.05) is 4.90 Å². The van der Waals surface area contributed by atoms with Crippen LogP contribution in [-0.2, 0) is 11.0 Å². The largest absolute Gasteiger partial charge is 0.376 e. The summed E-state index contributed by atoms with van der Waals surface area (Å²) in [7, 11) is 0. The Bertz CT molecular complexity index is 2230. The van der Waals surface area contributed by atoms with Crippen LogP contribution in [0.3, 0.4) is 0 Å². The topological polar surface area (TPSA) is 23.5 Å². The number of aryl methyl sites for hydroxylation is 1. The van der Waals surface area contributed by atoms with E-state index in [1.54, 1.807) is 0 Å². The van der Waals surface area contributed by atoms with E-state index in [0.29, 0.717) is 0 Å².